The lowest BCUT2D eigenvalue weighted by molar-refractivity contribution is -0.192. The van der Waals surface area contributed by atoms with Crippen LogP contribution in [-0.4, -0.2) is 51.7 Å². The molecule has 0 radical (unpaired) electrons. The lowest BCUT2D eigenvalue weighted by Gasteiger charge is -2.21. The summed E-state index contributed by atoms with van der Waals surface area (Å²) in [6.45, 7) is 5.71. The van der Waals surface area contributed by atoms with Gasteiger partial charge in [-0.1, -0.05) is 56.3 Å². The summed E-state index contributed by atoms with van der Waals surface area (Å²) in [6.07, 6.45) is -4.74. The van der Waals surface area contributed by atoms with E-state index in [0.29, 0.717) is 17.5 Å². The summed E-state index contributed by atoms with van der Waals surface area (Å²) in [5.41, 5.74) is 8.71. The minimum atomic E-state index is -5.08. The number of carbonyl (C=O) groups excluding carboxylic acids is 1. The quantitative estimate of drug-likeness (QED) is 0.148. The first-order valence-electron chi connectivity index (χ1n) is 12.3. The second kappa shape index (κ2) is 14.0. The van der Waals surface area contributed by atoms with Gasteiger partial charge in [0.2, 0.25) is 0 Å². The zero-order chi connectivity index (χ0) is 30.2. The average molecular weight is 580 g/mol. The third kappa shape index (κ3) is 9.16. The maximum Gasteiger partial charge on any atom is 0.490 e. The third-order valence-electron chi connectivity index (χ3n) is 5.71. The predicted octanol–water partition coefficient (Wildman–Crippen LogP) is 5.38. The molecule has 1 amide bonds. The second-order valence-electron chi connectivity index (χ2n) is 9.53. The van der Waals surface area contributed by atoms with Gasteiger partial charge in [0, 0.05) is 17.3 Å². The zero-order valence-electron chi connectivity index (χ0n) is 22.1. The molecule has 12 heteroatoms. The molecule has 3 atom stereocenters. The van der Waals surface area contributed by atoms with Crippen LogP contribution in [0.3, 0.4) is 0 Å². The smallest absolute Gasteiger partial charge is 0.480 e. The van der Waals surface area contributed by atoms with Crippen molar-refractivity contribution in [3.63, 3.8) is 0 Å². The van der Waals surface area contributed by atoms with Crippen LogP contribution in [-0.2, 0) is 9.59 Å². The number of anilines is 1. The molecule has 0 saturated heterocycles. The Kier molecular flexibility index (Phi) is 11.4. The summed E-state index contributed by atoms with van der Waals surface area (Å²) >= 11 is 4.50. The number of halogens is 3. The van der Waals surface area contributed by atoms with Crippen LogP contribution in [0.15, 0.2) is 60.7 Å². The molecule has 0 bridgehead atoms. The average Bonchev–Trinajstić information content (AvgIpc) is 2.87. The van der Waals surface area contributed by atoms with Crippen LogP contribution in [0.25, 0.3) is 21.9 Å². The molecule has 6 N–H and O–H groups in total. The highest BCUT2D eigenvalue weighted by Crippen LogP contribution is 2.33. The Labute approximate surface area is 235 Å². The molecule has 216 valence electrons. The van der Waals surface area contributed by atoms with Gasteiger partial charge in [0.25, 0.3) is 5.91 Å². The summed E-state index contributed by atoms with van der Waals surface area (Å²) in [4.78, 5) is 33.9. The summed E-state index contributed by atoms with van der Waals surface area (Å²) < 4.78 is 31.7. The van der Waals surface area contributed by atoms with Crippen LogP contribution in [0, 0.1) is 5.92 Å². The maximum atomic E-state index is 13.3. The van der Waals surface area contributed by atoms with Gasteiger partial charge in [-0.25, -0.2) is 9.59 Å². The van der Waals surface area contributed by atoms with Crippen molar-refractivity contribution in [1.29, 1.82) is 0 Å². The van der Waals surface area contributed by atoms with E-state index < -0.39 is 30.1 Å². The SMILES string of the molecule is CC(C)C[C@H](NC(=O)c1ccc(NC(S)[C@@H](C)N)cc1-c1cccc2ccccc12)C(=O)O.O=C(O)C(F)(F)F. The zero-order valence-corrected chi connectivity index (χ0v) is 23.0. The van der Waals surface area contributed by atoms with E-state index in [1.54, 1.807) is 12.1 Å². The van der Waals surface area contributed by atoms with Crippen LogP contribution < -0.4 is 16.4 Å². The molecular weight excluding hydrogens is 547 g/mol. The molecule has 0 aliphatic heterocycles. The largest absolute Gasteiger partial charge is 0.490 e. The Morgan fingerprint density at radius 2 is 1.55 bits per heavy atom. The van der Waals surface area contributed by atoms with E-state index in [1.165, 1.54) is 0 Å². The van der Waals surface area contributed by atoms with E-state index in [1.807, 2.05) is 69.3 Å². The van der Waals surface area contributed by atoms with Gasteiger partial charge >= 0.3 is 18.1 Å². The van der Waals surface area contributed by atoms with Crippen molar-refractivity contribution in [3.8, 4) is 11.1 Å². The molecule has 40 heavy (non-hydrogen) atoms. The molecule has 0 spiro atoms. The van der Waals surface area contributed by atoms with Crippen molar-refractivity contribution >= 4 is 46.9 Å². The van der Waals surface area contributed by atoms with Gasteiger partial charge in [-0.3, -0.25) is 4.79 Å². The van der Waals surface area contributed by atoms with Gasteiger partial charge in [-0.2, -0.15) is 25.8 Å². The first-order valence-corrected chi connectivity index (χ1v) is 12.8. The van der Waals surface area contributed by atoms with Crippen molar-refractivity contribution in [1.82, 2.24) is 5.32 Å². The molecule has 3 aromatic carbocycles. The number of nitrogens with one attached hydrogen (secondary N) is 2. The van der Waals surface area contributed by atoms with Crippen LogP contribution in [0.2, 0.25) is 0 Å². The molecular formula is C28H32F3N3O5S. The molecule has 0 aliphatic carbocycles. The summed E-state index contributed by atoms with van der Waals surface area (Å²) in [6, 6.07) is 18.1. The Balaban J connectivity index is 0.000000708. The summed E-state index contributed by atoms with van der Waals surface area (Å²) in [7, 11) is 0. The lowest BCUT2D eigenvalue weighted by atomic mass is 9.93. The normalized spacial score (nSPS) is 13.5. The van der Waals surface area contributed by atoms with E-state index in [-0.39, 0.29) is 17.3 Å². The number of aliphatic carboxylic acids is 2. The number of carboxylic acid groups (broad SMARTS) is 2. The fourth-order valence-corrected chi connectivity index (χ4v) is 3.90. The van der Waals surface area contributed by atoms with Crippen LogP contribution >= 0.6 is 12.6 Å². The van der Waals surface area contributed by atoms with Crippen molar-refractivity contribution in [2.75, 3.05) is 5.32 Å². The summed E-state index contributed by atoms with van der Waals surface area (Å²) in [5, 5.41) is 24.5. The van der Waals surface area contributed by atoms with Gasteiger partial charge in [-0.15, -0.1) is 0 Å². The number of rotatable bonds is 9. The lowest BCUT2D eigenvalue weighted by Crippen LogP contribution is -2.41. The topological polar surface area (TPSA) is 142 Å². The number of carboxylic acids is 2. The van der Waals surface area contributed by atoms with Crippen molar-refractivity contribution in [3.05, 3.63) is 66.2 Å². The Bertz CT molecular complexity index is 1340. The first-order chi connectivity index (χ1) is 18.6. The molecule has 8 nitrogen and oxygen atoms in total. The van der Waals surface area contributed by atoms with Crippen molar-refractivity contribution in [2.45, 2.75) is 50.8 Å². The van der Waals surface area contributed by atoms with E-state index in [2.05, 4.69) is 23.3 Å². The first kappa shape index (κ1) is 32.4. The van der Waals surface area contributed by atoms with Crippen molar-refractivity contribution < 1.29 is 37.8 Å². The van der Waals surface area contributed by atoms with E-state index >= 15 is 0 Å². The molecule has 0 heterocycles. The number of benzene rings is 3. The number of carbonyl (C=O) groups is 3. The fraction of sp³-hybridized carbons (Fsp3) is 0.321. The number of hydrogen-bond donors (Lipinski definition) is 6. The Morgan fingerprint density at radius 1 is 0.950 bits per heavy atom. The molecule has 3 aromatic rings. The van der Waals surface area contributed by atoms with Gasteiger partial charge in [0.1, 0.15) is 6.04 Å². The highest BCUT2D eigenvalue weighted by atomic mass is 32.1. The minimum Gasteiger partial charge on any atom is -0.480 e. The van der Waals surface area contributed by atoms with Crippen LogP contribution in [0.4, 0.5) is 18.9 Å². The molecule has 0 aromatic heterocycles. The molecule has 1 unspecified atom stereocenters. The number of amides is 1. The Hall–Kier alpha value is -3.77. The Morgan fingerprint density at radius 3 is 2.10 bits per heavy atom. The number of hydrogen-bond acceptors (Lipinski definition) is 6. The van der Waals surface area contributed by atoms with E-state index in [0.717, 1.165) is 22.0 Å². The summed E-state index contributed by atoms with van der Waals surface area (Å²) in [5.74, 6) is -4.10. The number of thiol groups is 1. The standard InChI is InChI=1S/C26H31N3O3S.C2HF3O2/c1-15(2)13-23(26(31)32)29-24(30)21-12-11-18(28-25(33)16(3)27)14-22(21)20-10-6-8-17-7-4-5-9-19(17)20;3-2(4,5)1(6)7/h4-12,14-16,23,25,28,33H,13,27H2,1-3H3,(H,29,30)(H,31,32);(H,6,7)/t16-,23+,25?;/m1./s1. The molecule has 0 fully saturated rings. The third-order valence-corrected chi connectivity index (χ3v) is 6.31. The molecule has 0 aliphatic rings. The minimum absolute atomic E-state index is 0.126. The predicted molar refractivity (Wildman–Crippen MR) is 151 cm³/mol. The van der Waals surface area contributed by atoms with Crippen LogP contribution in [0.5, 0.6) is 0 Å². The number of nitrogens with two attached hydrogens (primary N) is 1. The van der Waals surface area contributed by atoms with Gasteiger partial charge < -0.3 is 26.6 Å². The number of alkyl halides is 3. The van der Waals surface area contributed by atoms with E-state index in [9.17, 15) is 27.9 Å². The molecule has 0 saturated carbocycles. The van der Waals surface area contributed by atoms with Crippen molar-refractivity contribution in [2.24, 2.45) is 11.7 Å². The monoisotopic (exact) mass is 579 g/mol. The van der Waals surface area contributed by atoms with Gasteiger partial charge in [0.15, 0.2) is 0 Å². The molecule has 3 rings (SSSR count). The second-order valence-corrected chi connectivity index (χ2v) is 10.1. The fourth-order valence-electron chi connectivity index (χ4n) is 3.75. The van der Waals surface area contributed by atoms with Gasteiger partial charge in [0.05, 0.1) is 5.37 Å². The maximum absolute atomic E-state index is 13.3. The highest BCUT2D eigenvalue weighted by Gasteiger charge is 2.38. The van der Waals surface area contributed by atoms with Crippen LogP contribution in [0.1, 0.15) is 37.6 Å². The van der Waals surface area contributed by atoms with E-state index in [4.69, 9.17) is 15.6 Å². The number of fused-ring (bicyclic) bond motifs is 1. The van der Waals surface area contributed by atoms with Gasteiger partial charge in [-0.05, 0) is 59.4 Å². The highest BCUT2D eigenvalue weighted by molar-refractivity contribution is 7.81.